The Morgan fingerprint density at radius 2 is 2.00 bits per heavy atom. The average molecular weight is 350 g/mol. The molecular formula is C17H27BN2O3S. The van der Waals surface area contributed by atoms with Crippen LogP contribution >= 0.6 is 12.2 Å². The number of benzene rings is 1. The molecule has 132 valence electrons. The topological polar surface area (TPSA) is 72.8 Å². The Bertz CT molecular complexity index is 581. The molecule has 3 N–H and O–H groups in total. The van der Waals surface area contributed by atoms with Gasteiger partial charge in [-0.3, -0.25) is 4.79 Å². The number of carbonyl (C=O) groups excluding carboxylic acids is 1. The fourth-order valence-electron chi connectivity index (χ4n) is 2.57. The molecule has 0 saturated carbocycles. The summed E-state index contributed by atoms with van der Waals surface area (Å²) in [6.45, 7) is 8.63. The highest BCUT2D eigenvalue weighted by Gasteiger charge is 2.26. The van der Waals surface area contributed by atoms with Crippen molar-refractivity contribution in [1.29, 1.82) is 0 Å². The molecule has 1 aromatic rings. The Labute approximate surface area is 150 Å². The Hall–Kier alpha value is -1.44. The van der Waals surface area contributed by atoms with Gasteiger partial charge in [0.2, 0.25) is 5.91 Å². The number of hydrogen-bond acceptors (Lipinski definition) is 4. The summed E-state index contributed by atoms with van der Waals surface area (Å²) in [5, 5.41) is 21.9. The second-order valence-corrected chi connectivity index (χ2v) is 6.45. The van der Waals surface area contributed by atoms with Crippen LogP contribution in [0.3, 0.4) is 0 Å². The Morgan fingerprint density at radius 1 is 1.33 bits per heavy atom. The lowest BCUT2D eigenvalue weighted by molar-refractivity contribution is -0.121. The summed E-state index contributed by atoms with van der Waals surface area (Å²) in [7, 11) is -1.62. The highest BCUT2D eigenvalue weighted by molar-refractivity contribution is 7.80. The third kappa shape index (κ3) is 6.22. The van der Waals surface area contributed by atoms with E-state index in [2.05, 4.69) is 5.32 Å². The number of carbonyl (C=O) groups is 1. The molecule has 1 amide bonds. The molecular weight excluding hydrogens is 323 g/mol. The van der Waals surface area contributed by atoms with Crippen molar-refractivity contribution in [2.75, 3.05) is 13.1 Å². The highest BCUT2D eigenvalue weighted by Crippen LogP contribution is 2.13. The summed E-state index contributed by atoms with van der Waals surface area (Å²) in [5.74, 6) is -1.02. The van der Waals surface area contributed by atoms with Crippen molar-refractivity contribution in [3.8, 4) is 0 Å². The van der Waals surface area contributed by atoms with Gasteiger partial charge in [-0.15, -0.1) is 0 Å². The van der Waals surface area contributed by atoms with Gasteiger partial charge in [-0.1, -0.05) is 42.9 Å². The lowest BCUT2D eigenvalue weighted by Crippen LogP contribution is -2.51. The second-order valence-electron chi connectivity index (χ2n) is 5.98. The van der Waals surface area contributed by atoms with E-state index in [0.717, 1.165) is 21.7 Å². The van der Waals surface area contributed by atoms with Gasteiger partial charge < -0.3 is 20.3 Å². The van der Waals surface area contributed by atoms with Crippen molar-refractivity contribution in [3.63, 3.8) is 0 Å². The fraction of sp³-hybridized carbons (Fsp3) is 0.529. The number of nitrogens with one attached hydrogen (secondary N) is 1. The van der Waals surface area contributed by atoms with Crippen molar-refractivity contribution in [1.82, 2.24) is 10.2 Å². The first-order chi connectivity index (χ1) is 11.3. The molecule has 1 aromatic carbocycles. The molecule has 24 heavy (non-hydrogen) atoms. The molecule has 0 fully saturated rings. The van der Waals surface area contributed by atoms with Crippen LogP contribution in [0.5, 0.6) is 0 Å². The largest absolute Gasteiger partial charge is 0.475 e. The van der Waals surface area contributed by atoms with E-state index in [-0.39, 0.29) is 12.5 Å². The summed E-state index contributed by atoms with van der Waals surface area (Å²) in [6, 6.07) is 5.97. The lowest BCUT2D eigenvalue weighted by Gasteiger charge is -2.25. The van der Waals surface area contributed by atoms with E-state index in [4.69, 9.17) is 12.2 Å². The minimum absolute atomic E-state index is 0.124. The van der Waals surface area contributed by atoms with Gasteiger partial charge in [0.05, 0.1) is 17.5 Å². The van der Waals surface area contributed by atoms with E-state index in [0.29, 0.717) is 19.4 Å². The number of likely N-dealkylation sites (N-methyl/N-ethyl adjacent to an activating group) is 1. The molecule has 7 heteroatoms. The van der Waals surface area contributed by atoms with E-state index in [1.165, 1.54) is 0 Å². The first-order valence-corrected chi connectivity index (χ1v) is 8.68. The molecule has 0 aliphatic rings. The normalized spacial score (nSPS) is 11.8. The molecule has 1 rings (SSSR count). The highest BCUT2D eigenvalue weighted by atomic mass is 32.1. The van der Waals surface area contributed by atoms with E-state index in [1.807, 2.05) is 50.8 Å². The standard InChI is InChI=1S/C17H27BN2O3S/c1-5-17(24)20(6-2)11-16(21)19-15(18(22)23)10-14-8-7-12(3)9-13(14)4/h7-9,15,22-23H,5-6,10-11H2,1-4H3,(H,19,21)/t15-/m0/s1. The van der Waals surface area contributed by atoms with Crippen LogP contribution in [0.1, 0.15) is 37.0 Å². The minimum atomic E-state index is -1.62. The number of nitrogens with zero attached hydrogens (tertiary/aromatic N) is 1. The number of amides is 1. The van der Waals surface area contributed by atoms with Crippen LogP contribution in [-0.2, 0) is 11.2 Å². The van der Waals surface area contributed by atoms with Crippen LogP contribution in [0.25, 0.3) is 0 Å². The van der Waals surface area contributed by atoms with Crippen LogP contribution in [0.15, 0.2) is 18.2 Å². The first kappa shape index (κ1) is 20.6. The maximum atomic E-state index is 12.2. The summed E-state index contributed by atoms with van der Waals surface area (Å²) in [5.41, 5.74) is 3.20. The molecule has 0 aromatic heterocycles. The zero-order valence-corrected chi connectivity index (χ0v) is 15.7. The van der Waals surface area contributed by atoms with Gasteiger partial charge in [-0.05, 0) is 44.7 Å². The van der Waals surface area contributed by atoms with Crippen molar-refractivity contribution in [2.45, 2.75) is 46.5 Å². The third-order valence-corrected chi connectivity index (χ3v) is 4.56. The molecule has 0 unspecified atom stereocenters. The molecule has 0 spiro atoms. The Kier molecular flexibility index (Phi) is 8.38. The zero-order chi connectivity index (χ0) is 18.3. The number of aryl methyl sites for hydroxylation is 2. The van der Waals surface area contributed by atoms with Crippen molar-refractivity contribution in [3.05, 3.63) is 34.9 Å². The number of rotatable bonds is 8. The van der Waals surface area contributed by atoms with E-state index < -0.39 is 13.1 Å². The van der Waals surface area contributed by atoms with Gasteiger partial charge >= 0.3 is 7.12 Å². The number of thiocarbonyl (C=S) groups is 1. The SMILES string of the molecule is CCC(=S)N(CC)CC(=O)N[C@@H](Cc1ccc(C)cc1C)B(O)O. The Morgan fingerprint density at radius 3 is 2.50 bits per heavy atom. The summed E-state index contributed by atoms with van der Waals surface area (Å²) in [6.07, 6.45) is 1.06. The van der Waals surface area contributed by atoms with Crippen LogP contribution in [0, 0.1) is 13.8 Å². The average Bonchev–Trinajstić information content (AvgIpc) is 2.53. The third-order valence-electron chi connectivity index (χ3n) is 4.02. The van der Waals surface area contributed by atoms with E-state index >= 15 is 0 Å². The maximum Gasteiger partial charge on any atom is 0.475 e. The number of hydrogen-bond donors (Lipinski definition) is 3. The van der Waals surface area contributed by atoms with E-state index in [9.17, 15) is 14.8 Å². The van der Waals surface area contributed by atoms with Gasteiger partial charge in [0, 0.05) is 6.54 Å². The summed E-state index contributed by atoms with van der Waals surface area (Å²) >= 11 is 5.24. The van der Waals surface area contributed by atoms with Crippen molar-refractivity contribution >= 4 is 30.2 Å². The first-order valence-electron chi connectivity index (χ1n) is 8.27. The van der Waals surface area contributed by atoms with Gasteiger partial charge in [-0.25, -0.2) is 0 Å². The predicted molar refractivity (Wildman–Crippen MR) is 102 cm³/mol. The molecule has 0 heterocycles. The summed E-state index contributed by atoms with van der Waals surface area (Å²) in [4.78, 5) is 14.8. The Balaban J connectivity index is 2.75. The van der Waals surface area contributed by atoms with Gasteiger partial charge in [0.1, 0.15) is 0 Å². The van der Waals surface area contributed by atoms with Crippen LogP contribution in [0.2, 0.25) is 0 Å². The molecule has 0 aliphatic carbocycles. The molecule has 0 bridgehead atoms. The van der Waals surface area contributed by atoms with Gasteiger partial charge in [0.25, 0.3) is 0 Å². The monoisotopic (exact) mass is 350 g/mol. The van der Waals surface area contributed by atoms with Crippen LogP contribution in [0.4, 0.5) is 0 Å². The van der Waals surface area contributed by atoms with Crippen molar-refractivity contribution in [2.24, 2.45) is 0 Å². The van der Waals surface area contributed by atoms with Crippen LogP contribution < -0.4 is 5.32 Å². The second kappa shape index (κ2) is 9.76. The minimum Gasteiger partial charge on any atom is -0.426 e. The fourth-order valence-corrected chi connectivity index (χ4v) is 2.76. The summed E-state index contributed by atoms with van der Waals surface area (Å²) < 4.78 is 0. The smallest absolute Gasteiger partial charge is 0.426 e. The van der Waals surface area contributed by atoms with Crippen molar-refractivity contribution < 1.29 is 14.8 Å². The van der Waals surface area contributed by atoms with Gasteiger partial charge in [-0.2, -0.15) is 0 Å². The lowest BCUT2D eigenvalue weighted by atomic mass is 9.75. The maximum absolute atomic E-state index is 12.2. The zero-order valence-electron chi connectivity index (χ0n) is 14.9. The predicted octanol–water partition coefficient (Wildman–Crippen LogP) is 1.40. The molecule has 0 radical (unpaired) electrons. The molecule has 1 atom stereocenters. The molecule has 5 nitrogen and oxygen atoms in total. The molecule has 0 aliphatic heterocycles. The quantitative estimate of drug-likeness (QED) is 0.488. The van der Waals surface area contributed by atoms with Gasteiger partial charge in [0.15, 0.2) is 0 Å². The molecule has 0 saturated heterocycles. The van der Waals surface area contributed by atoms with E-state index in [1.54, 1.807) is 0 Å². The van der Waals surface area contributed by atoms with Crippen LogP contribution in [-0.4, -0.2) is 52.0 Å².